The van der Waals surface area contributed by atoms with Crippen LogP contribution in [0.3, 0.4) is 0 Å². The number of aryl methyl sites for hydroxylation is 2. The Morgan fingerprint density at radius 1 is 1.15 bits per heavy atom. The predicted octanol–water partition coefficient (Wildman–Crippen LogP) is 3.84. The van der Waals surface area contributed by atoms with Gasteiger partial charge in [0, 0.05) is 11.1 Å². The summed E-state index contributed by atoms with van der Waals surface area (Å²) in [4.78, 5) is 0. The number of hydrogen-bond acceptors (Lipinski definition) is 3. The fourth-order valence-electron chi connectivity index (χ4n) is 1.78. The van der Waals surface area contributed by atoms with E-state index in [0.717, 1.165) is 11.1 Å². The van der Waals surface area contributed by atoms with Crippen LogP contribution >= 0.6 is 11.6 Å². The zero-order valence-corrected chi connectivity index (χ0v) is 12.0. The zero-order valence-electron chi connectivity index (χ0n) is 11.2. The molecule has 0 fully saturated rings. The minimum atomic E-state index is -0.0260. The van der Waals surface area contributed by atoms with Gasteiger partial charge in [-0.3, -0.25) is 0 Å². The molecule has 0 heterocycles. The van der Waals surface area contributed by atoms with Crippen molar-refractivity contribution in [3.8, 4) is 11.5 Å². The van der Waals surface area contributed by atoms with Crippen LogP contribution in [0.15, 0.2) is 41.6 Å². The average molecular weight is 291 g/mol. The first kappa shape index (κ1) is 14.2. The van der Waals surface area contributed by atoms with Crippen molar-refractivity contribution in [3.05, 3.63) is 58.1 Å². The number of nitrogens with zero attached hydrogens (tertiary/aromatic N) is 1. The number of amidine groups is 1. The second-order valence-electron chi connectivity index (χ2n) is 4.50. The van der Waals surface area contributed by atoms with Gasteiger partial charge in [0.1, 0.15) is 11.5 Å². The highest BCUT2D eigenvalue weighted by molar-refractivity contribution is 6.30. The third kappa shape index (κ3) is 3.03. The van der Waals surface area contributed by atoms with E-state index in [0.29, 0.717) is 22.1 Å². The van der Waals surface area contributed by atoms with Crippen LogP contribution in [0.4, 0.5) is 0 Å². The molecule has 5 heteroatoms. The first-order chi connectivity index (χ1) is 9.51. The van der Waals surface area contributed by atoms with E-state index in [4.69, 9.17) is 27.3 Å². The average Bonchev–Trinajstić information content (AvgIpc) is 2.42. The van der Waals surface area contributed by atoms with Gasteiger partial charge < -0.3 is 15.7 Å². The van der Waals surface area contributed by atoms with E-state index in [2.05, 4.69) is 5.16 Å². The lowest BCUT2D eigenvalue weighted by atomic mass is 10.1. The first-order valence-corrected chi connectivity index (χ1v) is 6.41. The summed E-state index contributed by atoms with van der Waals surface area (Å²) in [5.41, 5.74) is 8.20. The van der Waals surface area contributed by atoms with E-state index in [1.807, 2.05) is 32.0 Å². The molecule has 0 bridgehead atoms. The van der Waals surface area contributed by atoms with Gasteiger partial charge in [-0.05, 0) is 43.2 Å². The molecule has 104 valence electrons. The van der Waals surface area contributed by atoms with E-state index in [1.54, 1.807) is 18.2 Å². The van der Waals surface area contributed by atoms with Crippen molar-refractivity contribution in [1.82, 2.24) is 0 Å². The Kier molecular flexibility index (Phi) is 4.15. The van der Waals surface area contributed by atoms with E-state index >= 15 is 0 Å². The quantitative estimate of drug-likeness (QED) is 0.390. The smallest absolute Gasteiger partial charge is 0.173 e. The van der Waals surface area contributed by atoms with Crippen LogP contribution in [0.25, 0.3) is 0 Å². The summed E-state index contributed by atoms with van der Waals surface area (Å²) in [5, 5.41) is 12.3. The first-order valence-electron chi connectivity index (χ1n) is 6.04. The highest BCUT2D eigenvalue weighted by atomic mass is 35.5. The van der Waals surface area contributed by atoms with Gasteiger partial charge in [-0.25, -0.2) is 0 Å². The number of nitrogens with two attached hydrogens (primary N) is 1. The van der Waals surface area contributed by atoms with E-state index < -0.39 is 0 Å². The minimum Gasteiger partial charge on any atom is -0.456 e. The van der Waals surface area contributed by atoms with Crippen molar-refractivity contribution in [1.29, 1.82) is 0 Å². The molecule has 0 aromatic heterocycles. The molecular formula is C15H15ClN2O2. The molecule has 0 saturated carbocycles. The lowest BCUT2D eigenvalue weighted by molar-refractivity contribution is 0.318. The second-order valence-corrected chi connectivity index (χ2v) is 4.93. The maximum atomic E-state index is 8.82. The molecular weight excluding hydrogens is 276 g/mol. The van der Waals surface area contributed by atoms with Crippen LogP contribution < -0.4 is 10.5 Å². The summed E-state index contributed by atoms with van der Waals surface area (Å²) < 4.78 is 5.87. The van der Waals surface area contributed by atoms with Crippen molar-refractivity contribution in [2.24, 2.45) is 10.9 Å². The largest absolute Gasteiger partial charge is 0.456 e. The molecule has 0 aliphatic rings. The number of rotatable bonds is 3. The summed E-state index contributed by atoms with van der Waals surface area (Å²) >= 11 is 5.98. The van der Waals surface area contributed by atoms with E-state index in [9.17, 15) is 0 Å². The number of benzene rings is 2. The van der Waals surface area contributed by atoms with Crippen molar-refractivity contribution >= 4 is 17.4 Å². The second kappa shape index (κ2) is 5.84. The van der Waals surface area contributed by atoms with Crippen molar-refractivity contribution < 1.29 is 9.94 Å². The van der Waals surface area contributed by atoms with Gasteiger partial charge in [0.25, 0.3) is 0 Å². The fraction of sp³-hybridized carbons (Fsp3) is 0.133. The minimum absolute atomic E-state index is 0.0260. The van der Waals surface area contributed by atoms with Crippen LogP contribution in [-0.2, 0) is 0 Å². The summed E-state index contributed by atoms with van der Waals surface area (Å²) in [6.07, 6.45) is 0. The highest BCUT2D eigenvalue weighted by Gasteiger charge is 2.11. The third-order valence-corrected chi connectivity index (χ3v) is 3.13. The molecule has 0 spiro atoms. The Morgan fingerprint density at radius 2 is 1.90 bits per heavy atom. The monoisotopic (exact) mass is 290 g/mol. The van der Waals surface area contributed by atoms with E-state index in [1.165, 1.54) is 0 Å². The topological polar surface area (TPSA) is 67.8 Å². The molecule has 2 rings (SSSR count). The maximum Gasteiger partial charge on any atom is 0.173 e. The Hall–Kier alpha value is -2.20. The molecule has 0 radical (unpaired) electrons. The van der Waals surface area contributed by atoms with Crippen LogP contribution in [0.5, 0.6) is 11.5 Å². The summed E-state index contributed by atoms with van der Waals surface area (Å²) in [5.74, 6) is 1.13. The van der Waals surface area contributed by atoms with Gasteiger partial charge in [0.05, 0.1) is 5.56 Å². The van der Waals surface area contributed by atoms with Gasteiger partial charge in [-0.2, -0.15) is 0 Å². The van der Waals surface area contributed by atoms with Crippen molar-refractivity contribution in [3.63, 3.8) is 0 Å². The lowest BCUT2D eigenvalue weighted by Gasteiger charge is -2.13. The Morgan fingerprint density at radius 3 is 2.60 bits per heavy atom. The van der Waals surface area contributed by atoms with Crippen molar-refractivity contribution in [2.75, 3.05) is 0 Å². The molecule has 0 atom stereocenters. The molecule has 0 unspecified atom stereocenters. The Bertz CT molecular complexity index is 669. The Balaban J connectivity index is 2.47. The maximum absolute atomic E-state index is 8.82. The van der Waals surface area contributed by atoms with Gasteiger partial charge in [0.2, 0.25) is 0 Å². The number of oxime groups is 1. The summed E-state index contributed by atoms with van der Waals surface area (Å²) in [7, 11) is 0. The molecule has 0 amide bonds. The molecule has 3 N–H and O–H groups in total. The van der Waals surface area contributed by atoms with Gasteiger partial charge in [-0.1, -0.05) is 28.9 Å². The van der Waals surface area contributed by atoms with E-state index in [-0.39, 0.29) is 5.84 Å². The van der Waals surface area contributed by atoms with Gasteiger partial charge >= 0.3 is 0 Å². The molecule has 2 aromatic carbocycles. The van der Waals surface area contributed by atoms with Crippen LogP contribution in [-0.4, -0.2) is 11.0 Å². The lowest BCUT2D eigenvalue weighted by Crippen LogP contribution is -2.14. The molecule has 20 heavy (non-hydrogen) atoms. The molecule has 0 aliphatic carbocycles. The number of hydrogen-bond donors (Lipinski definition) is 2. The van der Waals surface area contributed by atoms with Crippen LogP contribution in [0, 0.1) is 13.8 Å². The zero-order chi connectivity index (χ0) is 14.7. The molecule has 2 aromatic rings. The van der Waals surface area contributed by atoms with Gasteiger partial charge in [0.15, 0.2) is 5.84 Å². The van der Waals surface area contributed by atoms with Crippen LogP contribution in [0.1, 0.15) is 16.7 Å². The fourth-order valence-corrected chi connectivity index (χ4v) is 1.94. The molecule has 0 saturated heterocycles. The highest BCUT2D eigenvalue weighted by Crippen LogP contribution is 2.30. The third-order valence-electron chi connectivity index (χ3n) is 2.89. The van der Waals surface area contributed by atoms with Gasteiger partial charge in [-0.15, -0.1) is 0 Å². The predicted molar refractivity (Wildman–Crippen MR) is 80.0 cm³/mol. The normalized spacial score (nSPS) is 11.4. The summed E-state index contributed by atoms with van der Waals surface area (Å²) in [6, 6.07) is 10.8. The standard InChI is InChI=1S/C15H15ClN2O2/c1-9-3-4-10(2)13(7-9)20-14-8-11(16)5-6-12(14)15(17)18-19/h3-8,19H,1-2H3,(H2,17,18). The van der Waals surface area contributed by atoms with Crippen molar-refractivity contribution in [2.45, 2.75) is 13.8 Å². The van der Waals surface area contributed by atoms with Crippen LogP contribution in [0.2, 0.25) is 5.02 Å². The molecule has 0 aliphatic heterocycles. The molecule has 4 nitrogen and oxygen atoms in total. The SMILES string of the molecule is Cc1ccc(C)c(Oc2cc(Cl)ccc2C(N)=NO)c1. The Labute approximate surface area is 122 Å². The summed E-state index contributed by atoms with van der Waals surface area (Å²) in [6.45, 7) is 3.93. The number of halogens is 1. The number of ether oxygens (including phenoxy) is 1.